The van der Waals surface area contributed by atoms with Crippen LogP contribution in [0.3, 0.4) is 0 Å². The van der Waals surface area contributed by atoms with E-state index in [4.69, 9.17) is 4.74 Å². The van der Waals surface area contributed by atoms with Crippen LogP contribution in [-0.4, -0.2) is 38.3 Å². The molecule has 4 nitrogen and oxygen atoms in total. The van der Waals surface area contributed by atoms with Crippen LogP contribution in [0, 0.1) is 0 Å². The number of hydrogen-bond donors (Lipinski definition) is 2. The number of halogens is 1. The molecule has 0 aromatic heterocycles. The van der Waals surface area contributed by atoms with Gasteiger partial charge in [0, 0.05) is 12.6 Å². The Labute approximate surface area is 120 Å². The molecule has 1 amide bonds. The summed E-state index contributed by atoms with van der Waals surface area (Å²) in [6.07, 6.45) is 1.86. The molecule has 0 bridgehead atoms. The molecule has 1 aromatic rings. The molecule has 0 radical (unpaired) electrons. The van der Waals surface area contributed by atoms with Gasteiger partial charge in [-0.1, -0.05) is 30.3 Å². The second-order valence-electron chi connectivity index (χ2n) is 4.55. The number of nitrogens with one attached hydrogen (secondary N) is 2. The van der Waals surface area contributed by atoms with Gasteiger partial charge in [0.1, 0.15) is 6.61 Å². The molecular weight excluding hydrogens is 264 g/mol. The Balaban J connectivity index is 0.00000180. The number of hydrogen-bond acceptors (Lipinski definition) is 3. The molecule has 1 atom stereocenters. The van der Waals surface area contributed by atoms with Crippen molar-refractivity contribution in [1.29, 1.82) is 0 Å². The van der Waals surface area contributed by atoms with Gasteiger partial charge in [0.25, 0.3) is 0 Å². The van der Waals surface area contributed by atoms with Crippen molar-refractivity contribution in [3.8, 4) is 0 Å². The molecule has 0 aliphatic carbocycles. The summed E-state index contributed by atoms with van der Waals surface area (Å²) < 4.78 is 5.38. The number of rotatable bonds is 6. The summed E-state index contributed by atoms with van der Waals surface area (Å²) in [6.45, 7) is 2.60. The molecule has 1 heterocycles. The normalized spacial score (nSPS) is 17.8. The first kappa shape index (κ1) is 16.0. The van der Waals surface area contributed by atoms with Crippen molar-refractivity contribution in [2.45, 2.75) is 18.9 Å². The van der Waals surface area contributed by atoms with Crippen LogP contribution in [0.15, 0.2) is 30.3 Å². The number of carbonyl (C=O) groups is 1. The number of carbonyl (C=O) groups excluding carboxylic acids is 1. The fraction of sp³-hybridized carbons (Fsp3) is 0.500. The van der Waals surface area contributed by atoms with E-state index in [0.29, 0.717) is 6.61 Å². The van der Waals surface area contributed by atoms with Crippen LogP contribution in [0.4, 0.5) is 0 Å². The highest BCUT2D eigenvalue weighted by Gasteiger charge is 2.16. The van der Waals surface area contributed by atoms with Crippen LogP contribution >= 0.6 is 12.4 Å². The number of benzene rings is 1. The third-order valence-electron chi connectivity index (χ3n) is 3.04. The van der Waals surface area contributed by atoms with E-state index in [0.717, 1.165) is 25.9 Å². The average molecular weight is 285 g/mol. The molecule has 106 valence electrons. The minimum absolute atomic E-state index is 0. The van der Waals surface area contributed by atoms with Crippen molar-refractivity contribution < 1.29 is 9.53 Å². The van der Waals surface area contributed by atoms with E-state index in [1.807, 2.05) is 18.2 Å². The second-order valence-corrected chi connectivity index (χ2v) is 4.55. The Bertz CT molecular complexity index is 367. The fourth-order valence-electron chi connectivity index (χ4n) is 2.05. The summed E-state index contributed by atoms with van der Waals surface area (Å²) in [5, 5.41) is 6.16. The van der Waals surface area contributed by atoms with Gasteiger partial charge < -0.3 is 15.4 Å². The SMILES string of the molecule is Cl.O=C(COCCc1ccccc1)NC1CCNC1. The average Bonchev–Trinajstić information content (AvgIpc) is 2.89. The third-order valence-corrected chi connectivity index (χ3v) is 3.04. The van der Waals surface area contributed by atoms with Crippen LogP contribution < -0.4 is 10.6 Å². The van der Waals surface area contributed by atoms with Crippen molar-refractivity contribution in [3.05, 3.63) is 35.9 Å². The van der Waals surface area contributed by atoms with Crippen LogP contribution in [0.1, 0.15) is 12.0 Å². The van der Waals surface area contributed by atoms with Crippen LogP contribution in [-0.2, 0) is 16.0 Å². The maximum absolute atomic E-state index is 11.5. The Hall–Kier alpha value is -1.10. The molecule has 0 saturated carbocycles. The third kappa shape index (κ3) is 6.05. The predicted octanol–water partition coefficient (Wildman–Crippen LogP) is 1.15. The van der Waals surface area contributed by atoms with Gasteiger partial charge in [0.05, 0.1) is 6.61 Å². The number of amides is 1. The Morgan fingerprint density at radius 3 is 2.84 bits per heavy atom. The van der Waals surface area contributed by atoms with Gasteiger partial charge >= 0.3 is 0 Å². The zero-order chi connectivity index (χ0) is 12.6. The largest absolute Gasteiger partial charge is 0.371 e. The lowest BCUT2D eigenvalue weighted by atomic mass is 10.2. The first-order valence-corrected chi connectivity index (χ1v) is 6.46. The van der Waals surface area contributed by atoms with Gasteiger partial charge in [0.15, 0.2) is 0 Å². The molecule has 0 spiro atoms. The standard InChI is InChI=1S/C14H20N2O2.ClH/c17-14(16-13-6-8-15-10-13)11-18-9-7-12-4-2-1-3-5-12;/h1-5,13,15H,6-11H2,(H,16,17);1H. The molecule has 1 fully saturated rings. The first-order valence-electron chi connectivity index (χ1n) is 6.46. The molecular formula is C14H21ClN2O2. The van der Waals surface area contributed by atoms with E-state index in [9.17, 15) is 4.79 Å². The highest BCUT2D eigenvalue weighted by Crippen LogP contribution is 2.00. The first-order chi connectivity index (χ1) is 8.84. The van der Waals surface area contributed by atoms with Crippen LogP contribution in [0.25, 0.3) is 0 Å². The summed E-state index contributed by atoms with van der Waals surface area (Å²) in [5.74, 6) is -0.0169. The molecule has 1 saturated heterocycles. The Kier molecular flexibility index (Phi) is 7.48. The minimum Gasteiger partial charge on any atom is -0.371 e. The van der Waals surface area contributed by atoms with E-state index in [2.05, 4.69) is 22.8 Å². The molecule has 1 aliphatic heterocycles. The molecule has 1 aliphatic rings. The molecule has 1 unspecified atom stereocenters. The summed E-state index contributed by atoms with van der Waals surface area (Å²) in [4.78, 5) is 11.5. The van der Waals surface area contributed by atoms with Crippen molar-refractivity contribution in [2.75, 3.05) is 26.3 Å². The van der Waals surface area contributed by atoms with Gasteiger partial charge in [-0.2, -0.15) is 0 Å². The van der Waals surface area contributed by atoms with Crippen molar-refractivity contribution >= 4 is 18.3 Å². The smallest absolute Gasteiger partial charge is 0.246 e. The minimum atomic E-state index is -0.0169. The van der Waals surface area contributed by atoms with Gasteiger partial charge in [0.2, 0.25) is 5.91 Å². The highest BCUT2D eigenvalue weighted by molar-refractivity contribution is 5.85. The molecule has 2 N–H and O–H groups in total. The van der Waals surface area contributed by atoms with Gasteiger partial charge in [-0.15, -0.1) is 12.4 Å². The van der Waals surface area contributed by atoms with Crippen molar-refractivity contribution in [1.82, 2.24) is 10.6 Å². The summed E-state index contributed by atoms with van der Waals surface area (Å²) in [5.41, 5.74) is 1.23. The van der Waals surface area contributed by atoms with E-state index in [-0.39, 0.29) is 31.0 Å². The molecule has 5 heteroatoms. The lowest BCUT2D eigenvalue weighted by Crippen LogP contribution is -2.38. The summed E-state index contributed by atoms with van der Waals surface area (Å²) >= 11 is 0. The van der Waals surface area contributed by atoms with Crippen LogP contribution in [0.2, 0.25) is 0 Å². The van der Waals surface area contributed by atoms with Gasteiger partial charge in [-0.3, -0.25) is 4.79 Å². The lowest BCUT2D eigenvalue weighted by Gasteiger charge is -2.11. The predicted molar refractivity (Wildman–Crippen MR) is 77.6 cm³/mol. The van der Waals surface area contributed by atoms with Crippen molar-refractivity contribution in [2.24, 2.45) is 0 Å². The maximum Gasteiger partial charge on any atom is 0.246 e. The molecule has 19 heavy (non-hydrogen) atoms. The zero-order valence-electron chi connectivity index (χ0n) is 10.9. The van der Waals surface area contributed by atoms with E-state index in [1.54, 1.807) is 0 Å². The fourth-order valence-corrected chi connectivity index (χ4v) is 2.05. The topological polar surface area (TPSA) is 50.4 Å². The maximum atomic E-state index is 11.5. The van der Waals surface area contributed by atoms with Gasteiger partial charge in [-0.05, 0) is 24.9 Å². The van der Waals surface area contributed by atoms with Gasteiger partial charge in [-0.25, -0.2) is 0 Å². The van der Waals surface area contributed by atoms with Crippen LogP contribution in [0.5, 0.6) is 0 Å². The van der Waals surface area contributed by atoms with E-state index < -0.39 is 0 Å². The molecule has 1 aromatic carbocycles. The quantitative estimate of drug-likeness (QED) is 0.771. The summed E-state index contributed by atoms with van der Waals surface area (Å²) in [7, 11) is 0. The summed E-state index contributed by atoms with van der Waals surface area (Å²) in [6, 6.07) is 10.4. The highest BCUT2D eigenvalue weighted by atomic mass is 35.5. The Morgan fingerprint density at radius 1 is 1.37 bits per heavy atom. The van der Waals surface area contributed by atoms with Crippen molar-refractivity contribution in [3.63, 3.8) is 0 Å². The second kappa shape index (κ2) is 8.91. The molecule has 2 rings (SSSR count). The zero-order valence-corrected chi connectivity index (χ0v) is 11.7. The number of ether oxygens (including phenoxy) is 1. The lowest BCUT2D eigenvalue weighted by molar-refractivity contribution is -0.126. The Morgan fingerprint density at radius 2 is 2.16 bits per heavy atom. The van der Waals surface area contributed by atoms with E-state index in [1.165, 1.54) is 5.56 Å². The van der Waals surface area contributed by atoms with E-state index >= 15 is 0 Å². The monoisotopic (exact) mass is 284 g/mol.